The summed E-state index contributed by atoms with van der Waals surface area (Å²) in [6.45, 7) is 2.31. The zero-order valence-electron chi connectivity index (χ0n) is 11.2. The first-order valence-corrected chi connectivity index (χ1v) is 7.48. The van der Waals surface area contributed by atoms with Crippen molar-refractivity contribution in [1.82, 2.24) is 10.4 Å². The SMILES string of the molecule is COC1(C(Cc2nccs2)NN)CCC(C)CC1. The molecule has 0 aliphatic heterocycles. The molecule has 0 aromatic carbocycles. The second-order valence-electron chi connectivity index (χ2n) is 5.30. The highest BCUT2D eigenvalue weighted by Crippen LogP contribution is 2.37. The number of ether oxygens (including phenoxy) is 1. The number of nitrogens with two attached hydrogens (primary N) is 1. The number of nitrogens with one attached hydrogen (secondary N) is 1. The van der Waals surface area contributed by atoms with E-state index < -0.39 is 0 Å². The highest BCUT2D eigenvalue weighted by molar-refractivity contribution is 7.09. The molecule has 0 bridgehead atoms. The quantitative estimate of drug-likeness (QED) is 0.635. The van der Waals surface area contributed by atoms with Crippen molar-refractivity contribution in [3.05, 3.63) is 16.6 Å². The molecular formula is C13H23N3OS. The second-order valence-corrected chi connectivity index (χ2v) is 6.28. The summed E-state index contributed by atoms with van der Waals surface area (Å²) in [5.74, 6) is 6.56. The van der Waals surface area contributed by atoms with E-state index in [0.29, 0.717) is 0 Å². The minimum atomic E-state index is -0.132. The van der Waals surface area contributed by atoms with Gasteiger partial charge in [-0.05, 0) is 31.6 Å². The van der Waals surface area contributed by atoms with Crippen molar-refractivity contribution in [2.24, 2.45) is 11.8 Å². The lowest BCUT2D eigenvalue weighted by molar-refractivity contribution is -0.0746. The van der Waals surface area contributed by atoms with Gasteiger partial charge in [0.25, 0.3) is 0 Å². The molecule has 4 nitrogen and oxygen atoms in total. The number of hydrazine groups is 1. The van der Waals surface area contributed by atoms with Crippen molar-refractivity contribution >= 4 is 11.3 Å². The Morgan fingerprint density at radius 1 is 1.61 bits per heavy atom. The standard InChI is InChI=1S/C13H23N3OS/c1-10-3-5-13(17-2,6-4-10)11(16-14)9-12-15-7-8-18-12/h7-8,10-11,16H,3-6,9,14H2,1-2H3. The van der Waals surface area contributed by atoms with Crippen LogP contribution in [-0.2, 0) is 11.2 Å². The van der Waals surface area contributed by atoms with Crippen LogP contribution in [0.5, 0.6) is 0 Å². The lowest BCUT2D eigenvalue weighted by Crippen LogP contribution is -2.57. The largest absolute Gasteiger partial charge is 0.377 e. The van der Waals surface area contributed by atoms with Crippen LogP contribution < -0.4 is 11.3 Å². The van der Waals surface area contributed by atoms with Crippen molar-refractivity contribution in [3.63, 3.8) is 0 Å². The average molecular weight is 269 g/mol. The number of aromatic nitrogens is 1. The third-order valence-corrected chi connectivity index (χ3v) is 5.03. The van der Waals surface area contributed by atoms with Gasteiger partial charge in [0.1, 0.15) is 0 Å². The Kier molecular flexibility index (Phi) is 4.72. The van der Waals surface area contributed by atoms with Crippen LogP contribution in [0.2, 0.25) is 0 Å². The summed E-state index contributed by atoms with van der Waals surface area (Å²) in [5, 5.41) is 3.12. The highest BCUT2D eigenvalue weighted by Gasteiger charge is 2.41. The number of nitrogens with zero attached hydrogens (tertiary/aromatic N) is 1. The predicted molar refractivity (Wildman–Crippen MR) is 74.3 cm³/mol. The topological polar surface area (TPSA) is 60.2 Å². The summed E-state index contributed by atoms with van der Waals surface area (Å²) in [4.78, 5) is 4.35. The van der Waals surface area contributed by atoms with Crippen molar-refractivity contribution in [1.29, 1.82) is 0 Å². The van der Waals surface area contributed by atoms with Crippen molar-refractivity contribution < 1.29 is 4.74 Å². The molecule has 1 aliphatic rings. The molecule has 102 valence electrons. The number of methoxy groups -OCH3 is 1. The summed E-state index contributed by atoms with van der Waals surface area (Å²) in [7, 11) is 1.81. The molecule has 1 aromatic heterocycles. The first-order chi connectivity index (χ1) is 8.70. The van der Waals surface area contributed by atoms with Gasteiger partial charge in [0.15, 0.2) is 0 Å². The van der Waals surface area contributed by atoms with Gasteiger partial charge in [0, 0.05) is 25.1 Å². The van der Waals surface area contributed by atoms with E-state index in [4.69, 9.17) is 10.6 Å². The molecule has 1 saturated carbocycles. The molecule has 3 N–H and O–H groups in total. The predicted octanol–water partition coefficient (Wildman–Crippen LogP) is 2.11. The van der Waals surface area contributed by atoms with Crippen molar-refractivity contribution in [2.45, 2.75) is 50.7 Å². The lowest BCUT2D eigenvalue weighted by atomic mass is 9.74. The number of thiazole rings is 1. The van der Waals surface area contributed by atoms with E-state index in [2.05, 4.69) is 17.3 Å². The Balaban J connectivity index is 2.08. The minimum absolute atomic E-state index is 0.132. The van der Waals surface area contributed by atoms with Gasteiger partial charge in [-0.1, -0.05) is 6.92 Å². The molecule has 1 fully saturated rings. The molecule has 1 heterocycles. The molecule has 2 rings (SSSR count). The Morgan fingerprint density at radius 3 is 2.83 bits per heavy atom. The molecule has 1 aromatic rings. The van der Waals surface area contributed by atoms with E-state index in [1.165, 1.54) is 12.8 Å². The van der Waals surface area contributed by atoms with Crippen LogP contribution in [0.3, 0.4) is 0 Å². The summed E-state index contributed by atoms with van der Waals surface area (Å²) >= 11 is 1.68. The Labute approximate surface area is 113 Å². The first kappa shape index (κ1) is 13.9. The van der Waals surface area contributed by atoms with E-state index in [1.54, 1.807) is 11.3 Å². The van der Waals surface area contributed by atoms with E-state index in [0.717, 1.165) is 30.2 Å². The van der Waals surface area contributed by atoms with Crippen LogP contribution in [-0.4, -0.2) is 23.7 Å². The molecule has 18 heavy (non-hydrogen) atoms. The van der Waals surface area contributed by atoms with Gasteiger partial charge in [-0.3, -0.25) is 11.3 Å². The van der Waals surface area contributed by atoms with E-state index in [1.807, 2.05) is 18.7 Å². The lowest BCUT2D eigenvalue weighted by Gasteiger charge is -2.43. The third kappa shape index (κ3) is 2.91. The zero-order chi connectivity index (χ0) is 13.0. The maximum absolute atomic E-state index is 5.86. The first-order valence-electron chi connectivity index (χ1n) is 6.60. The highest BCUT2D eigenvalue weighted by atomic mass is 32.1. The van der Waals surface area contributed by atoms with Crippen LogP contribution in [0.1, 0.15) is 37.6 Å². The minimum Gasteiger partial charge on any atom is -0.377 e. The van der Waals surface area contributed by atoms with Gasteiger partial charge in [-0.15, -0.1) is 11.3 Å². The fraction of sp³-hybridized carbons (Fsp3) is 0.769. The summed E-state index contributed by atoms with van der Waals surface area (Å²) < 4.78 is 5.86. The molecule has 0 saturated heterocycles. The van der Waals surface area contributed by atoms with Gasteiger partial charge in [-0.2, -0.15) is 0 Å². The Morgan fingerprint density at radius 2 is 2.33 bits per heavy atom. The fourth-order valence-electron chi connectivity index (χ4n) is 2.87. The number of rotatable bonds is 5. The molecule has 1 aliphatic carbocycles. The van der Waals surface area contributed by atoms with Gasteiger partial charge < -0.3 is 4.74 Å². The van der Waals surface area contributed by atoms with E-state index in [-0.39, 0.29) is 11.6 Å². The third-order valence-electron chi connectivity index (χ3n) is 4.23. The van der Waals surface area contributed by atoms with Crippen LogP contribution in [0.4, 0.5) is 0 Å². The molecule has 0 radical (unpaired) electrons. The molecule has 1 unspecified atom stereocenters. The molecule has 5 heteroatoms. The molecule has 0 spiro atoms. The molecule has 1 atom stereocenters. The van der Waals surface area contributed by atoms with E-state index >= 15 is 0 Å². The van der Waals surface area contributed by atoms with Crippen LogP contribution >= 0.6 is 11.3 Å². The fourth-order valence-corrected chi connectivity index (χ4v) is 3.53. The van der Waals surface area contributed by atoms with Gasteiger partial charge in [0.2, 0.25) is 0 Å². The van der Waals surface area contributed by atoms with Gasteiger partial charge in [-0.25, -0.2) is 4.98 Å². The molecular weight excluding hydrogens is 246 g/mol. The van der Waals surface area contributed by atoms with Crippen LogP contribution in [0, 0.1) is 5.92 Å². The van der Waals surface area contributed by atoms with E-state index in [9.17, 15) is 0 Å². The van der Waals surface area contributed by atoms with Crippen LogP contribution in [0.15, 0.2) is 11.6 Å². The van der Waals surface area contributed by atoms with Crippen LogP contribution in [0.25, 0.3) is 0 Å². The summed E-state index contributed by atoms with van der Waals surface area (Å²) in [6, 6.07) is 0.140. The Hall–Kier alpha value is -0.490. The molecule has 0 amide bonds. The maximum atomic E-state index is 5.86. The zero-order valence-corrected chi connectivity index (χ0v) is 12.0. The van der Waals surface area contributed by atoms with Gasteiger partial charge in [0.05, 0.1) is 16.7 Å². The Bertz CT molecular complexity index is 347. The maximum Gasteiger partial charge on any atom is 0.0942 e. The van der Waals surface area contributed by atoms with Gasteiger partial charge >= 0.3 is 0 Å². The number of hydrogen-bond donors (Lipinski definition) is 2. The van der Waals surface area contributed by atoms with Crippen molar-refractivity contribution in [2.75, 3.05) is 7.11 Å². The number of hydrogen-bond acceptors (Lipinski definition) is 5. The smallest absolute Gasteiger partial charge is 0.0942 e. The van der Waals surface area contributed by atoms with Crippen molar-refractivity contribution in [3.8, 4) is 0 Å². The summed E-state index contributed by atoms with van der Waals surface area (Å²) in [5.41, 5.74) is 2.83. The second kappa shape index (κ2) is 6.10. The normalized spacial score (nSPS) is 30.3. The monoisotopic (exact) mass is 269 g/mol. The average Bonchev–Trinajstić information content (AvgIpc) is 2.90. The summed E-state index contributed by atoms with van der Waals surface area (Å²) in [6.07, 6.45) is 7.26.